The Labute approximate surface area is 124 Å². The molecule has 0 bridgehead atoms. The third-order valence-electron chi connectivity index (χ3n) is 3.66. The number of morpholine rings is 1. The maximum Gasteiger partial charge on any atom is 0.303 e. The third kappa shape index (κ3) is 4.09. The molecule has 3 N–H and O–H groups in total. The van der Waals surface area contributed by atoms with E-state index in [-0.39, 0.29) is 12.5 Å². The minimum Gasteiger partial charge on any atom is -0.496 e. The van der Waals surface area contributed by atoms with E-state index in [1.165, 1.54) is 0 Å². The fourth-order valence-electron chi connectivity index (χ4n) is 2.46. The molecule has 0 amide bonds. The second kappa shape index (κ2) is 7.28. The van der Waals surface area contributed by atoms with Crippen molar-refractivity contribution in [3.05, 3.63) is 23.8 Å². The Balaban J connectivity index is 2.18. The lowest BCUT2D eigenvalue weighted by Gasteiger charge is -2.30. The largest absolute Gasteiger partial charge is 0.496 e. The molecule has 0 spiro atoms. The van der Waals surface area contributed by atoms with Crippen LogP contribution >= 0.6 is 0 Å². The van der Waals surface area contributed by atoms with Crippen molar-refractivity contribution >= 4 is 11.7 Å². The SMILES string of the molecule is COc1ccc(N2CCOCC2)cc1C(N)CCC(=O)O. The maximum atomic E-state index is 10.7. The van der Waals surface area contributed by atoms with E-state index < -0.39 is 5.97 Å². The fraction of sp³-hybridized carbons (Fsp3) is 0.533. The molecule has 21 heavy (non-hydrogen) atoms. The molecule has 1 unspecified atom stereocenters. The van der Waals surface area contributed by atoms with Gasteiger partial charge in [0.05, 0.1) is 20.3 Å². The number of carboxylic acid groups (broad SMARTS) is 1. The summed E-state index contributed by atoms with van der Waals surface area (Å²) in [5.41, 5.74) is 8.05. The molecule has 1 aromatic rings. The summed E-state index contributed by atoms with van der Waals surface area (Å²) in [6.07, 6.45) is 0.435. The normalized spacial score (nSPS) is 16.6. The predicted molar refractivity (Wildman–Crippen MR) is 79.8 cm³/mol. The van der Waals surface area contributed by atoms with Crippen molar-refractivity contribution in [3.8, 4) is 5.75 Å². The van der Waals surface area contributed by atoms with E-state index >= 15 is 0 Å². The van der Waals surface area contributed by atoms with Crippen molar-refractivity contribution in [2.24, 2.45) is 5.73 Å². The van der Waals surface area contributed by atoms with Gasteiger partial charge >= 0.3 is 5.97 Å². The molecular weight excluding hydrogens is 272 g/mol. The average Bonchev–Trinajstić information content (AvgIpc) is 2.52. The molecule has 6 nitrogen and oxygen atoms in total. The second-order valence-electron chi connectivity index (χ2n) is 5.06. The molecule has 1 saturated heterocycles. The number of ether oxygens (including phenoxy) is 2. The van der Waals surface area contributed by atoms with Crippen molar-refractivity contribution in [2.75, 3.05) is 38.3 Å². The summed E-state index contributed by atoms with van der Waals surface area (Å²) in [4.78, 5) is 12.9. The molecule has 6 heteroatoms. The lowest BCUT2D eigenvalue weighted by atomic mass is 10.0. The third-order valence-corrected chi connectivity index (χ3v) is 3.66. The molecule has 2 rings (SSSR count). The number of nitrogens with zero attached hydrogens (tertiary/aromatic N) is 1. The molecule has 116 valence electrons. The zero-order valence-electron chi connectivity index (χ0n) is 12.2. The first-order chi connectivity index (χ1) is 10.1. The Kier molecular flexibility index (Phi) is 5.41. The quantitative estimate of drug-likeness (QED) is 0.825. The Bertz CT molecular complexity index is 487. The van der Waals surface area contributed by atoms with Gasteiger partial charge in [-0.3, -0.25) is 4.79 Å². The standard InChI is InChI=1S/C15H22N2O4/c1-20-14-4-2-11(17-6-8-21-9-7-17)10-12(14)13(16)3-5-15(18)19/h2,4,10,13H,3,5-9,16H2,1H3,(H,18,19). The molecule has 1 heterocycles. The highest BCUT2D eigenvalue weighted by Crippen LogP contribution is 2.31. The van der Waals surface area contributed by atoms with Crippen molar-refractivity contribution in [3.63, 3.8) is 0 Å². The molecule has 0 saturated carbocycles. The number of carbonyl (C=O) groups is 1. The highest BCUT2D eigenvalue weighted by Gasteiger charge is 2.17. The minimum absolute atomic E-state index is 0.0477. The van der Waals surface area contributed by atoms with Crippen LogP contribution in [0.25, 0.3) is 0 Å². The molecule has 1 aliphatic rings. The summed E-state index contributed by atoms with van der Waals surface area (Å²) in [5, 5.41) is 8.79. The number of carboxylic acids is 1. The summed E-state index contributed by atoms with van der Waals surface area (Å²) in [6.45, 7) is 3.12. The molecule has 1 aliphatic heterocycles. The van der Waals surface area contributed by atoms with Crippen LogP contribution in [0.1, 0.15) is 24.4 Å². The molecule has 1 aromatic carbocycles. The van der Waals surface area contributed by atoms with Gasteiger partial charge in [-0.25, -0.2) is 0 Å². The van der Waals surface area contributed by atoms with Gasteiger partial charge in [-0.15, -0.1) is 0 Å². The number of nitrogens with two attached hydrogens (primary N) is 1. The monoisotopic (exact) mass is 294 g/mol. The Morgan fingerprint density at radius 1 is 1.48 bits per heavy atom. The van der Waals surface area contributed by atoms with E-state index in [1.54, 1.807) is 7.11 Å². The number of hydrogen-bond acceptors (Lipinski definition) is 5. The van der Waals surface area contributed by atoms with Crippen LogP contribution in [0.5, 0.6) is 5.75 Å². The van der Waals surface area contributed by atoms with Gasteiger partial charge in [0.25, 0.3) is 0 Å². The smallest absolute Gasteiger partial charge is 0.303 e. The summed E-state index contributed by atoms with van der Waals surface area (Å²) in [6, 6.07) is 5.53. The van der Waals surface area contributed by atoms with Crippen LogP contribution in [0.4, 0.5) is 5.69 Å². The number of methoxy groups -OCH3 is 1. The predicted octanol–water partition coefficient (Wildman–Crippen LogP) is 1.40. The Morgan fingerprint density at radius 3 is 2.81 bits per heavy atom. The number of aliphatic carboxylic acids is 1. The van der Waals surface area contributed by atoms with Gasteiger partial charge in [0, 0.05) is 36.8 Å². The van der Waals surface area contributed by atoms with E-state index in [1.807, 2.05) is 18.2 Å². The molecule has 1 atom stereocenters. The van der Waals surface area contributed by atoms with Crippen molar-refractivity contribution in [1.82, 2.24) is 0 Å². The van der Waals surface area contributed by atoms with Crippen molar-refractivity contribution < 1.29 is 19.4 Å². The zero-order chi connectivity index (χ0) is 15.2. The molecule has 0 aliphatic carbocycles. The summed E-state index contributed by atoms with van der Waals surface area (Å²) >= 11 is 0. The Hall–Kier alpha value is -1.79. The highest BCUT2D eigenvalue weighted by atomic mass is 16.5. The van der Waals surface area contributed by atoms with Crippen molar-refractivity contribution in [2.45, 2.75) is 18.9 Å². The van der Waals surface area contributed by atoms with Gasteiger partial charge in [-0.2, -0.15) is 0 Å². The van der Waals surface area contributed by atoms with E-state index in [0.29, 0.717) is 25.4 Å². The molecule has 0 radical (unpaired) electrons. The minimum atomic E-state index is -0.839. The lowest BCUT2D eigenvalue weighted by molar-refractivity contribution is -0.137. The summed E-state index contributed by atoms with van der Waals surface area (Å²) < 4.78 is 10.7. The first kappa shape index (κ1) is 15.6. The number of anilines is 1. The average molecular weight is 294 g/mol. The Morgan fingerprint density at radius 2 is 2.19 bits per heavy atom. The number of hydrogen-bond donors (Lipinski definition) is 2. The number of rotatable bonds is 6. The maximum absolute atomic E-state index is 10.7. The van der Waals surface area contributed by atoms with Crippen LogP contribution in [0.15, 0.2) is 18.2 Å². The van der Waals surface area contributed by atoms with Crippen LogP contribution in [0, 0.1) is 0 Å². The zero-order valence-corrected chi connectivity index (χ0v) is 12.2. The topological polar surface area (TPSA) is 85.0 Å². The highest BCUT2D eigenvalue weighted by molar-refractivity contribution is 5.66. The lowest BCUT2D eigenvalue weighted by Crippen LogP contribution is -2.36. The van der Waals surface area contributed by atoms with Gasteiger partial charge in [0.1, 0.15) is 5.75 Å². The number of benzene rings is 1. The van der Waals surface area contributed by atoms with Crippen molar-refractivity contribution in [1.29, 1.82) is 0 Å². The van der Waals surface area contributed by atoms with Crippen LogP contribution in [0.2, 0.25) is 0 Å². The van der Waals surface area contributed by atoms with Gasteiger partial charge in [-0.05, 0) is 24.6 Å². The molecule has 0 aromatic heterocycles. The van der Waals surface area contributed by atoms with E-state index in [4.69, 9.17) is 20.3 Å². The first-order valence-corrected chi connectivity index (χ1v) is 7.10. The van der Waals surface area contributed by atoms with E-state index in [0.717, 1.165) is 24.3 Å². The summed E-state index contributed by atoms with van der Waals surface area (Å²) in [5.74, 6) is -0.140. The van der Waals surface area contributed by atoms with Crippen LogP contribution < -0.4 is 15.4 Å². The van der Waals surface area contributed by atoms with E-state index in [2.05, 4.69) is 4.90 Å². The van der Waals surface area contributed by atoms with Crippen LogP contribution in [-0.2, 0) is 9.53 Å². The fourth-order valence-corrected chi connectivity index (χ4v) is 2.46. The second-order valence-corrected chi connectivity index (χ2v) is 5.06. The van der Waals surface area contributed by atoms with Gasteiger partial charge < -0.3 is 25.2 Å². The van der Waals surface area contributed by atoms with E-state index in [9.17, 15) is 4.79 Å². The van der Waals surface area contributed by atoms with Crippen LogP contribution in [-0.4, -0.2) is 44.5 Å². The van der Waals surface area contributed by atoms with Gasteiger partial charge in [0.2, 0.25) is 0 Å². The van der Waals surface area contributed by atoms with Gasteiger partial charge in [-0.1, -0.05) is 0 Å². The van der Waals surface area contributed by atoms with Crippen LogP contribution in [0.3, 0.4) is 0 Å². The molecular formula is C15H22N2O4. The van der Waals surface area contributed by atoms with Gasteiger partial charge in [0.15, 0.2) is 0 Å². The summed E-state index contributed by atoms with van der Waals surface area (Å²) in [7, 11) is 1.59. The first-order valence-electron chi connectivity index (χ1n) is 7.10. The molecule has 1 fully saturated rings.